The Morgan fingerprint density at radius 3 is 2.72 bits per heavy atom. The molecule has 1 amide bonds. The van der Waals surface area contributed by atoms with E-state index in [1.165, 1.54) is 37.7 Å². The van der Waals surface area contributed by atoms with Crippen molar-refractivity contribution in [3.63, 3.8) is 0 Å². The number of oxime groups is 1. The van der Waals surface area contributed by atoms with E-state index in [0.717, 1.165) is 6.20 Å². The average molecular weight is 483 g/mol. The highest BCUT2D eigenvalue weighted by molar-refractivity contribution is 7.91. The molecule has 0 radical (unpaired) electrons. The van der Waals surface area contributed by atoms with Crippen LogP contribution in [0.2, 0.25) is 0 Å². The number of halogens is 1. The Morgan fingerprint density at radius 2 is 2.09 bits per heavy atom. The van der Waals surface area contributed by atoms with E-state index in [4.69, 9.17) is 9.57 Å². The van der Waals surface area contributed by atoms with Gasteiger partial charge in [-0.25, -0.2) is 13.4 Å². The van der Waals surface area contributed by atoms with Gasteiger partial charge in [-0.3, -0.25) is 10.1 Å². The van der Waals surface area contributed by atoms with Crippen molar-refractivity contribution in [1.82, 2.24) is 20.2 Å². The van der Waals surface area contributed by atoms with Gasteiger partial charge < -0.3 is 14.6 Å². The molecule has 0 aliphatic heterocycles. The van der Waals surface area contributed by atoms with Gasteiger partial charge >= 0.3 is 0 Å². The lowest BCUT2D eigenvalue weighted by Gasteiger charge is -2.08. The summed E-state index contributed by atoms with van der Waals surface area (Å²) in [5.74, 6) is -0.405. The standard InChI is InChI=1S/C18H19FN6O5S2/c1-29-7-2-8-32(27,28)13-5-3-12(4-6-13)16(25-30-10-15-21-11-22-24-15)17(26)23-18-20-9-14(19)31-18/h3-6,9,11H,2,7-8,10H2,1H3,(H,20,23,26)(H,21,22,24)/b25-16+. The summed E-state index contributed by atoms with van der Waals surface area (Å²) in [7, 11) is -2.01. The van der Waals surface area contributed by atoms with Crippen molar-refractivity contribution in [2.75, 3.05) is 24.8 Å². The lowest BCUT2D eigenvalue weighted by molar-refractivity contribution is -0.110. The number of hydrogen-bond donors (Lipinski definition) is 2. The number of benzene rings is 1. The van der Waals surface area contributed by atoms with E-state index >= 15 is 0 Å². The molecule has 2 heterocycles. The number of ether oxygens (including phenoxy) is 1. The number of aromatic nitrogens is 4. The van der Waals surface area contributed by atoms with Gasteiger partial charge in [0, 0.05) is 19.3 Å². The highest BCUT2D eigenvalue weighted by Crippen LogP contribution is 2.18. The summed E-state index contributed by atoms with van der Waals surface area (Å²) in [5.41, 5.74) is 0.122. The molecule has 0 unspecified atom stereocenters. The van der Waals surface area contributed by atoms with Gasteiger partial charge in [0.25, 0.3) is 5.91 Å². The molecule has 0 saturated carbocycles. The Balaban J connectivity index is 1.80. The second kappa shape index (κ2) is 10.9. The number of rotatable bonds is 11. The third-order valence-corrected chi connectivity index (χ3v) is 6.50. The number of anilines is 1. The second-order valence-electron chi connectivity index (χ2n) is 6.26. The van der Waals surface area contributed by atoms with E-state index in [-0.39, 0.29) is 33.7 Å². The number of nitrogens with zero attached hydrogens (tertiary/aromatic N) is 4. The molecule has 0 fully saturated rings. The number of carbonyl (C=O) groups excluding carboxylic acids is 1. The zero-order valence-corrected chi connectivity index (χ0v) is 18.5. The monoisotopic (exact) mass is 482 g/mol. The third-order valence-electron chi connectivity index (χ3n) is 3.99. The van der Waals surface area contributed by atoms with Crippen molar-refractivity contribution in [3.8, 4) is 0 Å². The molecule has 0 saturated heterocycles. The van der Waals surface area contributed by atoms with Crippen molar-refractivity contribution in [2.45, 2.75) is 17.9 Å². The molecule has 0 aliphatic carbocycles. The molecule has 170 valence electrons. The maximum absolute atomic E-state index is 13.2. The van der Waals surface area contributed by atoms with Crippen LogP contribution in [0.3, 0.4) is 0 Å². The predicted molar refractivity (Wildman–Crippen MR) is 113 cm³/mol. The van der Waals surface area contributed by atoms with Gasteiger partial charge in [-0.15, -0.1) is 10.2 Å². The summed E-state index contributed by atoms with van der Waals surface area (Å²) < 4.78 is 42.9. The zero-order valence-electron chi connectivity index (χ0n) is 16.8. The smallest absolute Gasteiger partial charge is 0.280 e. The van der Waals surface area contributed by atoms with Crippen LogP contribution in [0.4, 0.5) is 9.52 Å². The molecule has 0 bridgehead atoms. The van der Waals surface area contributed by atoms with Crippen molar-refractivity contribution in [2.24, 2.45) is 5.16 Å². The topological polar surface area (TPSA) is 149 Å². The quantitative estimate of drug-likeness (QED) is 0.239. The molecule has 32 heavy (non-hydrogen) atoms. The number of hydrogen-bond acceptors (Lipinski definition) is 10. The first-order valence-electron chi connectivity index (χ1n) is 9.19. The Bertz CT molecular complexity index is 1160. The highest BCUT2D eigenvalue weighted by Gasteiger charge is 2.20. The fourth-order valence-corrected chi connectivity index (χ4v) is 4.31. The summed E-state index contributed by atoms with van der Waals surface area (Å²) in [5, 5.41) is 13.1. The molecule has 0 atom stereocenters. The lowest BCUT2D eigenvalue weighted by Crippen LogP contribution is -2.24. The Kier molecular flexibility index (Phi) is 7.97. The second-order valence-corrected chi connectivity index (χ2v) is 9.35. The van der Waals surface area contributed by atoms with Gasteiger partial charge in [-0.1, -0.05) is 28.6 Å². The molecular formula is C18H19FN6O5S2. The molecule has 3 aromatic rings. The molecule has 0 spiro atoms. The molecule has 3 rings (SSSR count). The summed E-state index contributed by atoms with van der Waals surface area (Å²) in [6.45, 7) is 0.239. The number of thiazole rings is 1. The zero-order chi connectivity index (χ0) is 23.0. The van der Waals surface area contributed by atoms with E-state index in [2.05, 4.69) is 30.6 Å². The van der Waals surface area contributed by atoms with E-state index < -0.39 is 20.9 Å². The summed E-state index contributed by atoms with van der Waals surface area (Å²) in [4.78, 5) is 24.5. The van der Waals surface area contributed by atoms with Crippen LogP contribution in [0.5, 0.6) is 0 Å². The van der Waals surface area contributed by atoms with Crippen LogP contribution >= 0.6 is 11.3 Å². The number of aromatic amines is 1. The highest BCUT2D eigenvalue weighted by atomic mass is 32.2. The number of nitrogens with one attached hydrogen (secondary N) is 2. The van der Waals surface area contributed by atoms with Crippen molar-refractivity contribution < 1.29 is 27.2 Å². The number of methoxy groups -OCH3 is 1. The van der Waals surface area contributed by atoms with Gasteiger partial charge in [0.1, 0.15) is 6.33 Å². The van der Waals surface area contributed by atoms with E-state index in [1.807, 2.05) is 0 Å². The van der Waals surface area contributed by atoms with Crippen LogP contribution < -0.4 is 5.32 Å². The maximum atomic E-state index is 13.2. The first-order valence-corrected chi connectivity index (χ1v) is 11.7. The minimum absolute atomic E-state index is 0.0350. The first kappa shape index (κ1) is 23.4. The van der Waals surface area contributed by atoms with Crippen LogP contribution in [0.25, 0.3) is 0 Å². The molecule has 0 aliphatic rings. The van der Waals surface area contributed by atoms with E-state index in [9.17, 15) is 17.6 Å². The van der Waals surface area contributed by atoms with Crippen LogP contribution in [-0.2, 0) is 30.8 Å². The van der Waals surface area contributed by atoms with E-state index in [0.29, 0.717) is 30.2 Å². The van der Waals surface area contributed by atoms with Gasteiger partial charge in [0.15, 0.2) is 38.2 Å². The fourth-order valence-electron chi connectivity index (χ4n) is 2.48. The van der Waals surface area contributed by atoms with Crippen LogP contribution in [0.1, 0.15) is 17.8 Å². The Hall–Kier alpha value is -3.23. The fraction of sp³-hybridized carbons (Fsp3) is 0.278. The number of H-pyrrole nitrogens is 1. The molecule has 1 aromatic carbocycles. The van der Waals surface area contributed by atoms with Crippen molar-refractivity contribution in [1.29, 1.82) is 0 Å². The molecule has 2 N–H and O–H groups in total. The minimum Gasteiger partial charge on any atom is -0.387 e. The van der Waals surface area contributed by atoms with Gasteiger partial charge in [0.2, 0.25) is 0 Å². The molecule has 2 aromatic heterocycles. The number of amides is 1. The van der Waals surface area contributed by atoms with Crippen molar-refractivity contribution >= 4 is 37.9 Å². The maximum Gasteiger partial charge on any atom is 0.280 e. The third kappa shape index (κ3) is 6.38. The molecule has 11 nitrogen and oxygen atoms in total. The Labute approximate surface area is 186 Å². The SMILES string of the molecule is COCCCS(=O)(=O)c1ccc(/C(=N\OCc2nnc[nH]2)C(=O)Nc2ncc(F)s2)cc1. The molecular weight excluding hydrogens is 463 g/mol. The van der Waals surface area contributed by atoms with Crippen molar-refractivity contribution in [3.05, 3.63) is 53.3 Å². The summed E-state index contributed by atoms with van der Waals surface area (Å²) >= 11 is 0.647. The van der Waals surface area contributed by atoms with Gasteiger partial charge in [-0.05, 0) is 18.6 Å². The largest absolute Gasteiger partial charge is 0.387 e. The van der Waals surface area contributed by atoms with Crippen LogP contribution in [-0.4, -0.2) is 59.7 Å². The average Bonchev–Trinajstić information content (AvgIpc) is 3.43. The van der Waals surface area contributed by atoms with E-state index in [1.54, 1.807) is 0 Å². The van der Waals surface area contributed by atoms with Crippen LogP contribution in [0.15, 0.2) is 46.8 Å². The number of carbonyl (C=O) groups is 1. The van der Waals surface area contributed by atoms with Gasteiger partial charge in [-0.2, -0.15) is 4.39 Å². The summed E-state index contributed by atoms with van der Waals surface area (Å²) in [6.07, 6.45) is 2.69. The normalized spacial score (nSPS) is 12.0. The van der Waals surface area contributed by atoms with Gasteiger partial charge in [0.05, 0.1) is 16.8 Å². The first-order chi connectivity index (χ1) is 15.4. The Morgan fingerprint density at radius 1 is 1.31 bits per heavy atom. The molecule has 14 heteroatoms. The summed E-state index contributed by atoms with van der Waals surface area (Å²) in [6, 6.07) is 5.61. The lowest BCUT2D eigenvalue weighted by atomic mass is 10.1. The van der Waals surface area contributed by atoms with Crippen LogP contribution in [0, 0.1) is 5.13 Å². The predicted octanol–water partition coefficient (Wildman–Crippen LogP) is 1.77. The number of sulfone groups is 1. The minimum atomic E-state index is -3.51.